The van der Waals surface area contributed by atoms with Crippen LogP contribution in [-0.4, -0.2) is 18.5 Å². The summed E-state index contributed by atoms with van der Waals surface area (Å²) in [6, 6.07) is 16.5. The van der Waals surface area contributed by atoms with Crippen LogP contribution in [0.5, 0.6) is 0 Å². The molecule has 2 aromatic rings. The zero-order chi connectivity index (χ0) is 23.7. The summed E-state index contributed by atoms with van der Waals surface area (Å²) < 4.78 is 0. The Hall–Kier alpha value is -3.00. The van der Waals surface area contributed by atoms with Crippen LogP contribution in [0.1, 0.15) is 64.7 Å². The summed E-state index contributed by atoms with van der Waals surface area (Å²) in [6.07, 6.45) is 8.22. The van der Waals surface area contributed by atoms with Gasteiger partial charge in [-0.25, -0.2) is 0 Å². The maximum atomic E-state index is 12.3. The summed E-state index contributed by atoms with van der Waals surface area (Å²) in [5.41, 5.74) is 8.45. The van der Waals surface area contributed by atoms with Crippen molar-refractivity contribution in [3.05, 3.63) is 107 Å². The summed E-state index contributed by atoms with van der Waals surface area (Å²) in [7, 11) is 1.79. The Kier molecular flexibility index (Phi) is 9.13. The molecule has 0 heterocycles. The fourth-order valence-corrected chi connectivity index (χ4v) is 3.46. The number of aliphatic imine (C=N–C) groups is 1. The molecular weight excluding hydrogens is 390 g/mol. The third-order valence-corrected chi connectivity index (χ3v) is 5.66. The molecule has 0 unspecified atom stereocenters. The van der Waals surface area contributed by atoms with E-state index in [4.69, 9.17) is 0 Å². The molecule has 170 valence electrons. The SMILES string of the molecule is C=CC1=CC=C(C)C1.CN=C(C)c1ccc(CC(=O)Cc2ccc(C(C)(C)C)cc2)cc1.[HH]. The maximum absolute atomic E-state index is 12.3. The van der Waals surface area contributed by atoms with Gasteiger partial charge in [0.25, 0.3) is 0 Å². The number of benzene rings is 2. The van der Waals surface area contributed by atoms with E-state index >= 15 is 0 Å². The predicted octanol–water partition coefficient (Wildman–Crippen LogP) is 7.47. The van der Waals surface area contributed by atoms with Crippen LogP contribution in [0.15, 0.2) is 89.5 Å². The molecule has 0 spiro atoms. The first kappa shape index (κ1) is 25.3. The van der Waals surface area contributed by atoms with Gasteiger partial charge >= 0.3 is 0 Å². The lowest BCUT2D eigenvalue weighted by molar-refractivity contribution is -0.117. The van der Waals surface area contributed by atoms with Gasteiger partial charge in [-0.2, -0.15) is 0 Å². The lowest BCUT2D eigenvalue weighted by Crippen LogP contribution is -2.11. The Morgan fingerprint density at radius 3 is 1.91 bits per heavy atom. The van der Waals surface area contributed by atoms with Crippen molar-refractivity contribution in [1.82, 2.24) is 0 Å². The van der Waals surface area contributed by atoms with Crippen LogP contribution in [0.2, 0.25) is 0 Å². The average Bonchev–Trinajstić information content (AvgIpc) is 3.19. The Morgan fingerprint density at radius 2 is 1.53 bits per heavy atom. The average molecular weight is 430 g/mol. The first-order valence-corrected chi connectivity index (χ1v) is 11.2. The molecule has 2 heteroatoms. The van der Waals surface area contributed by atoms with Gasteiger partial charge < -0.3 is 0 Å². The van der Waals surface area contributed by atoms with E-state index in [0.717, 1.165) is 28.8 Å². The number of rotatable bonds is 6. The molecular formula is C30H39NO. The molecule has 0 aromatic heterocycles. The Balaban J connectivity index is 0.000000511. The van der Waals surface area contributed by atoms with E-state index in [0.29, 0.717) is 12.8 Å². The second-order valence-corrected chi connectivity index (χ2v) is 9.48. The van der Waals surface area contributed by atoms with Gasteiger partial charge in [-0.15, -0.1) is 0 Å². The number of carbonyl (C=O) groups is 1. The lowest BCUT2D eigenvalue weighted by atomic mass is 9.86. The van der Waals surface area contributed by atoms with Crippen molar-refractivity contribution in [3.8, 4) is 0 Å². The van der Waals surface area contributed by atoms with E-state index in [-0.39, 0.29) is 12.6 Å². The van der Waals surface area contributed by atoms with Crippen LogP contribution in [0, 0.1) is 0 Å². The fraction of sp³-hybridized carbons (Fsp3) is 0.333. The molecule has 3 rings (SSSR count). The third kappa shape index (κ3) is 7.92. The minimum Gasteiger partial charge on any atom is -0.299 e. The van der Waals surface area contributed by atoms with Crippen LogP contribution in [-0.2, 0) is 23.1 Å². The molecule has 0 saturated heterocycles. The molecule has 1 aliphatic carbocycles. The fourth-order valence-electron chi connectivity index (χ4n) is 3.46. The van der Waals surface area contributed by atoms with Gasteiger partial charge in [0.1, 0.15) is 5.78 Å². The predicted molar refractivity (Wildman–Crippen MR) is 141 cm³/mol. The molecule has 0 saturated carbocycles. The number of nitrogens with zero attached hydrogens (tertiary/aromatic N) is 1. The van der Waals surface area contributed by atoms with Crippen molar-refractivity contribution in [3.63, 3.8) is 0 Å². The van der Waals surface area contributed by atoms with E-state index in [9.17, 15) is 4.79 Å². The zero-order valence-electron chi connectivity index (χ0n) is 20.5. The molecule has 1 aliphatic rings. The Bertz CT molecular complexity index is 1020. The zero-order valence-corrected chi connectivity index (χ0v) is 20.5. The number of hydrogen-bond donors (Lipinski definition) is 0. The summed E-state index contributed by atoms with van der Waals surface area (Å²) in [5, 5.41) is 0. The summed E-state index contributed by atoms with van der Waals surface area (Å²) in [4.78, 5) is 16.5. The number of Topliss-reactive ketones (excluding diaryl/α,β-unsaturated/α-hetero) is 1. The van der Waals surface area contributed by atoms with E-state index in [2.05, 4.69) is 75.7 Å². The van der Waals surface area contributed by atoms with Crippen molar-refractivity contribution >= 4 is 11.5 Å². The lowest BCUT2D eigenvalue weighted by Gasteiger charge is -2.19. The van der Waals surface area contributed by atoms with Crippen molar-refractivity contribution in [1.29, 1.82) is 0 Å². The minimum absolute atomic E-state index is 0. The smallest absolute Gasteiger partial charge is 0.141 e. The van der Waals surface area contributed by atoms with Crippen LogP contribution in [0.3, 0.4) is 0 Å². The minimum atomic E-state index is 0. The normalized spacial score (nSPS) is 13.6. The summed E-state index contributed by atoms with van der Waals surface area (Å²) in [5.74, 6) is 0.243. The maximum Gasteiger partial charge on any atom is 0.141 e. The first-order chi connectivity index (χ1) is 15.1. The largest absolute Gasteiger partial charge is 0.299 e. The Morgan fingerprint density at radius 1 is 1.00 bits per heavy atom. The molecule has 0 radical (unpaired) electrons. The van der Waals surface area contributed by atoms with Crippen LogP contribution in [0.25, 0.3) is 0 Å². The highest BCUT2D eigenvalue weighted by molar-refractivity contribution is 5.98. The quantitative estimate of drug-likeness (QED) is 0.438. The van der Waals surface area contributed by atoms with Crippen LogP contribution < -0.4 is 0 Å². The topological polar surface area (TPSA) is 29.4 Å². The summed E-state index contributed by atoms with van der Waals surface area (Å²) in [6.45, 7) is 14.4. The monoisotopic (exact) mass is 429 g/mol. The number of ketones is 1. The standard InChI is InChI=1S/C22H27NO.C8H10.H2/c1-16(23-5)19-10-6-17(7-11-19)14-21(24)15-18-8-12-20(13-9-18)22(2,3)4;1-3-8-5-4-7(2)6-8;/h6-13H,14-15H2,1-5H3;3-5H,1,6H2,2H3;1H. The van der Waals surface area contributed by atoms with Gasteiger partial charge in [-0.05, 0) is 53.5 Å². The second kappa shape index (κ2) is 11.6. The van der Waals surface area contributed by atoms with Gasteiger partial charge in [0.05, 0.1) is 0 Å². The van der Waals surface area contributed by atoms with Gasteiger partial charge in [0.2, 0.25) is 0 Å². The van der Waals surface area contributed by atoms with E-state index in [1.807, 2.05) is 37.3 Å². The molecule has 0 N–H and O–H groups in total. The van der Waals surface area contributed by atoms with E-state index < -0.39 is 0 Å². The number of hydrogen-bond acceptors (Lipinski definition) is 2. The highest BCUT2D eigenvalue weighted by Crippen LogP contribution is 2.22. The van der Waals surface area contributed by atoms with Crippen molar-refractivity contribution in [2.75, 3.05) is 7.05 Å². The molecule has 2 aromatic carbocycles. The highest BCUT2D eigenvalue weighted by Gasteiger charge is 2.13. The van der Waals surface area contributed by atoms with Crippen molar-refractivity contribution < 1.29 is 6.22 Å². The highest BCUT2D eigenvalue weighted by atomic mass is 16.1. The van der Waals surface area contributed by atoms with E-state index in [1.54, 1.807) is 7.05 Å². The molecule has 0 aliphatic heterocycles. The van der Waals surface area contributed by atoms with Crippen LogP contribution >= 0.6 is 0 Å². The van der Waals surface area contributed by atoms with Gasteiger partial charge in [0.15, 0.2) is 0 Å². The molecule has 0 atom stereocenters. The molecule has 0 fully saturated rings. The molecule has 0 bridgehead atoms. The second-order valence-electron chi connectivity index (χ2n) is 9.48. The molecule has 2 nitrogen and oxygen atoms in total. The third-order valence-electron chi connectivity index (χ3n) is 5.66. The van der Waals surface area contributed by atoms with Gasteiger partial charge in [-0.3, -0.25) is 9.79 Å². The van der Waals surface area contributed by atoms with Gasteiger partial charge in [0, 0.05) is 27.0 Å². The first-order valence-electron chi connectivity index (χ1n) is 11.2. The van der Waals surface area contributed by atoms with Crippen molar-refractivity contribution in [2.45, 2.75) is 59.3 Å². The van der Waals surface area contributed by atoms with Gasteiger partial charge in [-0.1, -0.05) is 99.7 Å². The summed E-state index contributed by atoms with van der Waals surface area (Å²) >= 11 is 0. The van der Waals surface area contributed by atoms with Crippen molar-refractivity contribution in [2.24, 2.45) is 4.99 Å². The Labute approximate surface area is 196 Å². The van der Waals surface area contributed by atoms with Crippen LogP contribution in [0.4, 0.5) is 0 Å². The number of allylic oxidation sites excluding steroid dienone is 5. The van der Waals surface area contributed by atoms with E-state index in [1.165, 1.54) is 16.7 Å². The molecule has 0 amide bonds. The molecule has 32 heavy (non-hydrogen) atoms. The number of carbonyl (C=O) groups excluding carboxylic acids is 1.